The summed E-state index contributed by atoms with van der Waals surface area (Å²) in [7, 11) is 1.50. The molecule has 0 fully saturated rings. The lowest BCUT2D eigenvalue weighted by atomic mass is 9.94. The largest absolute Gasteiger partial charge is 0.507 e. The van der Waals surface area contributed by atoms with E-state index < -0.39 is 11.6 Å². The van der Waals surface area contributed by atoms with Crippen LogP contribution >= 0.6 is 11.6 Å². The van der Waals surface area contributed by atoms with Crippen molar-refractivity contribution in [2.75, 3.05) is 7.11 Å². The fourth-order valence-corrected chi connectivity index (χ4v) is 2.54. The van der Waals surface area contributed by atoms with Crippen LogP contribution in [0.5, 0.6) is 5.75 Å². The number of carbonyl (C=O) groups excluding carboxylic acids is 1. The van der Waals surface area contributed by atoms with Gasteiger partial charge in [-0.15, -0.1) is 0 Å². The van der Waals surface area contributed by atoms with Gasteiger partial charge in [0.2, 0.25) is 0 Å². The molecule has 1 aliphatic heterocycles. The Bertz CT molecular complexity index is 577. The Morgan fingerprint density at radius 3 is 2.50 bits per heavy atom. The van der Waals surface area contributed by atoms with Crippen molar-refractivity contribution in [2.45, 2.75) is 32.8 Å². The highest BCUT2D eigenvalue weighted by Gasteiger charge is 2.43. The Morgan fingerprint density at radius 1 is 1.40 bits per heavy atom. The molecule has 0 saturated heterocycles. The fourth-order valence-electron chi connectivity index (χ4n) is 2.31. The second-order valence-corrected chi connectivity index (χ2v) is 5.56. The molecule has 0 aliphatic carbocycles. The molecule has 0 aromatic heterocycles. The van der Waals surface area contributed by atoms with E-state index in [2.05, 4.69) is 0 Å². The van der Waals surface area contributed by atoms with Crippen LogP contribution in [0.15, 0.2) is 17.9 Å². The van der Waals surface area contributed by atoms with Crippen molar-refractivity contribution in [3.63, 3.8) is 0 Å². The van der Waals surface area contributed by atoms with Gasteiger partial charge >= 0.3 is 5.97 Å². The minimum atomic E-state index is -1.03. The van der Waals surface area contributed by atoms with Gasteiger partial charge in [0.15, 0.2) is 11.4 Å². The number of halogens is 1. The Morgan fingerprint density at radius 2 is 2.05 bits per heavy atom. The molecule has 1 aromatic rings. The maximum Gasteiger partial charge on any atom is 0.343 e. The maximum absolute atomic E-state index is 12.1. The average Bonchev–Trinajstić information content (AvgIpc) is 2.58. The highest BCUT2D eigenvalue weighted by molar-refractivity contribution is 6.31. The number of ether oxygens (including phenoxy) is 2. The van der Waals surface area contributed by atoms with Gasteiger partial charge < -0.3 is 14.6 Å². The van der Waals surface area contributed by atoms with Crippen LogP contribution in [-0.4, -0.2) is 23.8 Å². The van der Waals surface area contributed by atoms with Gasteiger partial charge in [-0.2, -0.15) is 0 Å². The van der Waals surface area contributed by atoms with Gasteiger partial charge in [0.25, 0.3) is 0 Å². The first-order chi connectivity index (χ1) is 9.31. The Hall–Kier alpha value is -1.68. The molecule has 0 spiro atoms. The van der Waals surface area contributed by atoms with Gasteiger partial charge in [0.1, 0.15) is 11.3 Å². The number of hydrogen-bond donors (Lipinski definition) is 1. The number of cyclic esters (lactones) is 1. The number of aliphatic hydroxyl groups is 1. The minimum absolute atomic E-state index is 0.0853. The predicted molar refractivity (Wildman–Crippen MR) is 77.1 cm³/mol. The van der Waals surface area contributed by atoms with E-state index in [0.29, 0.717) is 22.8 Å². The summed E-state index contributed by atoms with van der Waals surface area (Å²) in [4.78, 5) is 12.1. The summed E-state index contributed by atoms with van der Waals surface area (Å²) < 4.78 is 10.5. The zero-order chi connectivity index (χ0) is 15.1. The molecular formula is C15H17ClO4. The number of esters is 1. The van der Waals surface area contributed by atoms with E-state index in [4.69, 9.17) is 21.1 Å². The van der Waals surface area contributed by atoms with E-state index in [1.807, 2.05) is 6.92 Å². The van der Waals surface area contributed by atoms with Gasteiger partial charge in [-0.25, -0.2) is 4.79 Å². The van der Waals surface area contributed by atoms with Crippen LogP contribution in [0, 0.1) is 0 Å². The van der Waals surface area contributed by atoms with E-state index in [9.17, 15) is 9.90 Å². The zero-order valence-corrected chi connectivity index (χ0v) is 12.7. The molecule has 1 heterocycles. The summed E-state index contributed by atoms with van der Waals surface area (Å²) in [6, 6.07) is 3.38. The maximum atomic E-state index is 12.1. The molecule has 20 heavy (non-hydrogen) atoms. The number of carbonyl (C=O) groups is 1. The molecular weight excluding hydrogens is 280 g/mol. The van der Waals surface area contributed by atoms with Gasteiger partial charge in [-0.05, 0) is 38.0 Å². The Balaban J connectivity index is 2.75. The summed E-state index contributed by atoms with van der Waals surface area (Å²) in [5, 5.41) is 10.8. The van der Waals surface area contributed by atoms with Crippen molar-refractivity contribution >= 4 is 23.1 Å². The van der Waals surface area contributed by atoms with Gasteiger partial charge in [-0.3, -0.25) is 0 Å². The molecule has 1 aliphatic rings. The second kappa shape index (κ2) is 5.02. The summed E-state index contributed by atoms with van der Waals surface area (Å²) in [5.41, 5.74) is 0.501. The van der Waals surface area contributed by atoms with Crippen LogP contribution in [0.2, 0.25) is 5.02 Å². The number of aryl methyl sites for hydroxylation is 1. The minimum Gasteiger partial charge on any atom is -0.507 e. The number of benzene rings is 1. The quantitative estimate of drug-likeness (QED) is 0.867. The van der Waals surface area contributed by atoms with Gasteiger partial charge in [-0.1, -0.05) is 18.5 Å². The van der Waals surface area contributed by atoms with E-state index in [1.165, 1.54) is 7.11 Å². The van der Waals surface area contributed by atoms with Crippen molar-refractivity contribution in [3.8, 4) is 5.75 Å². The molecule has 108 valence electrons. The zero-order valence-electron chi connectivity index (χ0n) is 11.9. The van der Waals surface area contributed by atoms with Crippen LogP contribution in [-0.2, 0) is 16.0 Å². The Labute approximate surface area is 123 Å². The molecule has 0 radical (unpaired) electrons. The SMILES string of the molecule is CCc1cc(Cl)cc(OC)c1C1=C(O)C(C)(C)OC1=O. The first-order valence-electron chi connectivity index (χ1n) is 6.35. The molecule has 0 saturated carbocycles. The molecule has 1 N–H and O–H groups in total. The van der Waals surface area contributed by atoms with Crippen LogP contribution in [0.3, 0.4) is 0 Å². The standard InChI is InChI=1S/C15H17ClO4/c1-5-8-6-9(16)7-10(19-4)11(8)12-13(17)15(2,3)20-14(12)18/h6-7,17H,5H2,1-4H3. The summed E-state index contributed by atoms with van der Waals surface area (Å²) in [5.74, 6) is -0.189. The lowest BCUT2D eigenvalue weighted by molar-refractivity contribution is -0.143. The highest BCUT2D eigenvalue weighted by atomic mass is 35.5. The predicted octanol–water partition coefficient (Wildman–Crippen LogP) is 3.52. The lowest BCUT2D eigenvalue weighted by Gasteiger charge is -2.16. The molecule has 4 nitrogen and oxygen atoms in total. The highest BCUT2D eigenvalue weighted by Crippen LogP contribution is 2.42. The van der Waals surface area contributed by atoms with Crippen molar-refractivity contribution < 1.29 is 19.4 Å². The molecule has 1 aromatic carbocycles. The number of aliphatic hydroxyl groups excluding tert-OH is 1. The van der Waals surface area contributed by atoms with Gasteiger partial charge in [0.05, 0.1) is 7.11 Å². The van der Waals surface area contributed by atoms with Crippen LogP contribution in [0.1, 0.15) is 31.9 Å². The van der Waals surface area contributed by atoms with E-state index >= 15 is 0 Å². The monoisotopic (exact) mass is 296 g/mol. The number of rotatable bonds is 3. The third kappa shape index (κ3) is 2.24. The Kier molecular flexibility index (Phi) is 3.69. The van der Waals surface area contributed by atoms with Crippen molar-refractivity contribution in [3.05, 3.63) is 34.0 Å². The van der Waals surface area contributed by atoms with Crippen molar-refractivity contribution in [1.29, 1.82) is 0 Å². The molecule has 0 amide bonds. The van der Waals surface area contributed by atoms with Crippen LogP contribution in [0.25, 0.3) is 5.57 Å². The molecule has 2 rings (SSSR count). The normalized spacial score (nSPS) is 17.4. The molecule has 0 unspecified atom stereocenters. The second-order valence-electron chi connectivity index (χ2n) is 5.12. The van der Waals surface area contributed by atoms with E-state index in [1.54, 1.807) is 26.0 Å². The lowest BCUT2D eigenvalue weighted by Crippen LogP contribution is -2.22. The fraction of sp³-hybridized carbons (Fsp3) is 0.400. The van der Waals surface area contributed by atoms with E-state index in [0.717, 1.165) is 5.56 Å². The first-order valence-corrected chi connectivity index (χ1v) is 6.73. The molecule has 5 heteroatoms. The van der Waals surface area contributed by atoms with Crippen molar-refractivity contribution in [2.24, 2.45) is 0 Å². The van der Waals surface area contributed by atoms with Crippen molar-refractivity contribution in [1.82, 2.24) is 0 Å². The molecule has 0 atom stereocenters. The summed E-state index contributed by atoms with van der Waals surface area (Å²) >= 11 is 6.04. The van der Waals surface area contributed by atoms with E-state index in [-0.39, 0.29) is 11.3 Å². The third-order valence-corrected chi connectivity index (χ3v) is 3.58. The summed E-state index contributed by atoms with van der Waals surface area (Å²) in [6.07, 6.45) is 0.650. The number of hydrogen-bond acceptors (Lipinski definition) is 4. The summed E-state index contributed by atoms with van der Waals surface area (Å²) in [6.45, 7) is 5.22. The third-order valence-electron chi connectivity index (χ3n) is 3.36. The van der Waals surface area contributed by atoms with Crippen LogP contribution < -0.4 is 4.74 Å². The smallest absolute Gasteiger partial charge is 0.343 e. The van der Waals surface area contributed by atoms with Gasteiger partial charge in [0, 0.05) is 10.6 Å². The molecule has 0 bridgehead atoms. The first kappa shape index (κ1) is 14.7. The topological polar surface area (TPSA) is 55.8 Å². The average molecular weight is 297 g/mol. The number of methoxy groups -OCH3 is 1. The van der Waals surface area contributed by atoms with Crippen LogP contribution in [0.4, 0.5) is 0 Å².